The molecule has 0 radical (unpaired) electrons. The van der Waals surface area contributed by atoms with Gasteiger partial charge in [0.15, 0.2) is 0 Å². The first-order valence-electron chi connectivity index (χ1n) is 6.59. The summed E-state index contributed by atoms with van der Waals surface area (Å²) in [6.45, 7) is 2.22. The highest BCUT2D eigenvalue weighted by Gasteiger charge is 2.24. The fourth-order valence-corrected chi connectivity index (χ4v) is 2.24. The van der Waals surface area contributed by atoms with Crippen LogP contribution in [0.3, 0.4) is 0 Å². The SMILES string of the molecule is CCNC(c1ccccc1F)c1c(F)cc(OC)cc1F. The highest BCUT2D eigenvalue weighted by atomic mass is 19.1. The van der Waals surface area contributed by atoms with Crippen molar-refractivity contribution in [2.45, 2.75) is 13.0 Å². The third kappa shape index (κ3) is 3.19. The number of methoxy groups -OCH3 is 1. The van der Waals surface area contributed by atoms with E-state index >= 15 is 0 Å². The summed E-state index contributed by atoms with van der Waals surface area (Å²) in [6, 6.07) is 7.20. The molecule has 0 heterocycles. The van der Waals surface area contributed by atoms with Gasteiger partial charge < -0.3 is 10.1 Å². The number of nitrogens with one attached hydrogen (secondary N) is 1. The van der Waals surface area contributed by atoms with E-state index in [0.717, 1.165) is 12.1 Å². The van der Waals surface area contributed by atoms with E-state index in [0.29, 0.717) is 6.54 Å². The number of rotatable bonds is 5. The summed E-state index contributed by atoms with van der Waals surface area (Å²) in [4.78, 5) is 0. The van der Waals surface area contributed by atoms with Crippen LogP contribution in [-0.4, -0.2) is 13.7 Å². The molecule has 0 saturated heterocycles. The average Bonchev–Trinajstić information content (AvgIpc) is 2.46. The molecule has 0 fully saturated rings. The minimum absolute atomic E-state index is 0.0810. The van der Waals surface area contributed by atoms with E-state index in [2.05, 4.69) is 5.32 Å². The van der Waals surface area contributed by atoms with Crippen molar-refractivity contribution in [2.24, 2.45) is 0 Å². The number of ether oxygens (including phenoxy) is 1. The molecule has 0 aromatic heterocycles. The molecule has 0 aliphatic rings. The van der Waals surface area contributed by atoms with Crippen LogP contribution in [0.4, 0.5) is 13.2 Å². The number of halogens is 3. The average molecular weight is 295 g/mol. The maximum atomic E-state index is 14.2. The van der Waals surface area contributed by atoms with Gasteiger partial charge in [-0.2, -0.15) is 0 Å². The smallest absolute Gasteiger partial charge is 0.134 e. The Morgan fingerprint density at radius 2 is 1.67 bits per heavy atom. The molecular weight excluding hydrogens is 279 g/mol. The normalized spacial score (nSPS) is 12.2. The number of hydrogen-bond acceptors (Lipinski definition) is 2. The topological polar surface area (TPSA) is 21.3 Å². The Bertz CT molecular complexity index is 608. The Labute approximate surface area is 121 Å². The van der Waals surface area contributed by atoms with Crippen LogP contribution >= 0.6 is 0 Å². The summed E-state index contributed by atoms with van der Waals surface area (Å²) < 4.78 is 47.2. The summed E-state index contributed by atoms with van der Waals surface area (Å²) in [5.74, 6) is -1.99. The van der Waals surface area contributed by atoms with Crippen molar-refractivity contribution in [3.63, 3.8) is 0 Å². The van der Waals surface area contributed by atoms with E-state index < -0.39 is 23.5 Å². The highest BCUT2D eigenvalue weighted by Crippen LogP contribution is 2.31. The van der Waals surface area contributed by atoms with Crippen molar-refractivity contribution in [3.05, 3.63) is 65.0 Å². The van der Waals surface area contributed by atoms with Gasteiger partial charge in [-0.05, 0) is 12.6 Å². The molecule has 0 bridgehead atoms. The minimum atomic E-state index is -0.901. The second kappa shape index (κ2) is 6.63. The van der Waals surface area contributed by atoms with Gasteiger partial charge in [-0.15, -0.1) is 0 Å². The molecule has 1 atom stereocenters. The molecule has 2 rings (SSSR count). The first kappa shape index (κ1) is 15.4. The molecule has 112 valence electrons. The standard InChI is InChI=1S/C16H16F3NO/c1-3-20-16(11-6-4-5-7-12(11)17)15-13(18)8-10(21-2)9-14(15)19/h4-9,16,20H,3H2,1-2H3. The van der Waals surface area contributed by atoms with Crippen LogP contribution in [0.1, 0.15) is 24.1 Å². The predicted molar refractivity (Wildman–Crippen MR) is 74.8 cm³/mol. The first-order valence-corrected chi connectivity index (χ1v) is 6.59. The van der Waals surface area contributed by atoms with Crippen LogP contribution in [0, 0.1) is 17.5 Å². The Morgan fingerprint density at radius 3 is 2.19 bits per heavy atom. The molecule has 1 unspecified atom stereocenters. The predicted octanol–water partition coefficient (Wildman–Crippen LogP) is 3.81. The largest absolute Gasteiger partial charge is 0.497 e. The molecule has 0 amide bonds. The minimum Gasteiger partial charge on any atom is -0.497 e. The van der Waals surface area contributed by atoms with Crippen LogP contribution in [0.15, 0.2) is 36.4 Å². The van der Waals surface area contributed by atoms with Crippen LogP contribution < -0.4 is 10.1 Å². The third-order valence-electron chi connectivity index (χ3n) is 3.20. The quantitative estimate of drug-likeness (QED) is 0.905. The summed E-state index contributed by atoms with van der Waals surface area (Å²) in [5, 5.41) is 2.91. The molecule has 5 heteroatoms. The van der Waals surface area contributed by atoms with Crippen LogP contribution in [0.2, 0.25) is 0 Å². The van der Waals surface area contributed by atoms with E-state index in [9.17, 15) is 13.2 Å². The molecule has 21 heavy (non-hydrogen) atoms. The van der Waals surface area contributed by atoms with Gasteiger partial charge in [-0.1, -0.05) is 25.1 Å². The van der Waals surface area contributed by atoms with Gasteiger partial charge in [0, 0.05) is 23.3 Å². The Balaban J connectivity index is 2.56. The number of hydrogen-bond donors (Lipinski definition) is 1. The van der Waals surface area contributed by atoms with Gasteiger partial charge in [0.2, 0.25) is 0 Å². The molecule has 2 nitrogen and oxygen atoms in total. The van der Waals surface area contributed by atoms with Crippen LogP contribution in [-0.2, 0) is 0 Å². The lowest BCUT2D eigenvalue weighted by Gasteiger charge is -2.21. The number of benzene rings is 2. The Hall–Kier alpha value is -2.01. The van der Waals surface area contributed by atoms with Gasteiger partial charge in [0.1, 0.15) is 23.2 Å². The second-order valence-electron chi connectivity index (χ2n) is 4.52. The summed E-state index contributed by atoms with van der Waals surface area (Å²) in [7, 11) is 1.33. The summed E-state index contributed by atoms with van der Waals surface area (Å²) in [5.41, 5.74) is -0.0231. The highest BCUT2D eigenvalue weighted by molar-refractivity contribution is 5.38. The van der Waals surface area contributed by atoms with Crippen molar-refractivity contribution in [2.75, 3.05) is 13.7 Å². The van der Waals surface area contributed by atoms with Crippen molar-refractivity contribution < 1.29 is 17.9 Å². The lowest BCUT2D eigenvalue weighted by molar-refractivity contribution is 0.402. The summed E-state index contributed by atoms with van der Waals surface area (Å²) >= 11 is 0. The maximum absolute atomic E-state index is 14.2. The van der Waals surface area contributed by atoms with Gasteiger partial charge in [-0.3, -0.25) is 0 Å². The molecule has 0 aliphatic carbocycles. The molecular formula is C16H16F3NO. The molecule has 2 aromatic carbocycles. The Morgan fingerprint density at radius 1 is 1.05 bits per heavy atom. The Kier molecular flexibility index (Phi) is 4.85. The molecule has 0 spiro atoms. The lowest BCUT2D eigenvalue weighted by Crippen LogP contribution is -2.25. The van der Waals surface area contributed by atoms with Gasteiger partial charge in [-0.25, -0.2) is 13.2 Å². The van der Waals surface area contributed by atoms with E-state index in [1.807, 2.05) is 0 Å². The fourth-order valence-electron chi connectivity index (χ4n) is 2.24. The summed E-state index contributed by atoms with van der Waals surface area (Å²) in [6.07, 6.45) is 0. The van der Waals surface area contributed by atoms with E-state index in [1.165, 1.54) is 25.3 Å². The second-order valence-corrected chi connectivity index (χ2v) is 4.52. The van der Waals surface area contributed by atoms with E-state index in [4.69, 9.17) is 4.74 Å². The zero-order valence-electron chi connectivity index (χ0n) is 11.8. The van der Waals surface area contributed by atoms with E-state index in [1.54, 1.807) is 13.0 Å². The lowest BCUT2D eigenvalue weighted by atomic mass is 9.97. The van der Waals surface area contributed by atoms with E-state index in [-0.39, 0.29) is 16.9 Å². The zero-order valence-corrected chi connectivity index (χ0v) is 11.8. The van der Waals surface area contributed by atoms with Crippen LogP contribution in [0.5, 0.6) is 5.75 Å². The van der Waals surface area contributed by atoms with Crippen molar-refractivity contribution in [1.29, 1.82) is 0 Å². The third-order valence-corrected chi connectivity index (χ3v) is 3.20. The van der Waals surface area contributed by atoms with Crippen molar-refractivity contribution in [3.8, 4) is 5.75 Å². The van der Waals surface area contributed by atoms with Gasteiger partial charge >= 0.3 is 0 Å². The fraction of sp³-hybridized carbons (Fsp3) is 0.250. The van der Waals surface area contributed by atoms with Crippen molar-refractivity contribution >= 4 is 0 Å². The molecule has 1 N–H and O–H groups in total. The first-order chi connectivity index (χ1) is 10.1. The maximum Gasteiger partial charge on any atom is 0.134 e. The van der Waals surface area contributed by atoms with Gasteiger partial charge in [0.25, 0.3) is 0 Å². The van der Waals surface area contributed by atoms with Gasteiger partial charge in [0.05, 0.1) is 13.2 Å². The van der Waals surface area contributed by atoms with Crippen LogP contribution in [0.25, 0.3) is 0 Å². The zero-order chi connectivity index (χ0) is 15.4. The van der Waals surface area contributed by atoms with Crippen molar-refractivity contribution in [1.82, 2.24) is 5.32 Å². The monoisotopic (exact) mass is 295 g/mol. The molecule has 0 saturated carbocycles. The molecule has 2 aromatic rings. The molecule has 0 aliphatic heterocycles.